The summed E-state index contributed by atoms with van der Waals surface area (Å²) >= 11 is 1.50. The zero-order valence-electron chi connectivity index (χ0n) is 8.79. The van der Waals surface area contributed by atoms with Gasteiger partial charge in [0, 0.05) is 24.0 Å². The molecule has 1 saturated carbocycles. The van der Waals surface area contributed by atoms with Crippen LogP contribution in [-0.2, 0) is 6.42 Å². The fourth-order valence-electron chi connectivity index (χ4n) is 1.23. The van der Waals surface area contributed by atoms with Crippen molar-refractivity contribution >= 4 is 16.7 Å². The molecule has 14 heavy (non-hydrogen) atoms. The molecule has 0 radical (unpaired) electrons. The van der Waals surface area contributed by atoms with Gasteiger partial charge in [-0.15, -0.1) is 0 Å². The molecular formula is C10H17N3S. The minimum atomic E-state index is 0.681. The molecule has 0 amide bonds. The number of aryl methyl sites for hydroxylation is 1. The van der Waals surface area contributed by atoms with Crippen LogP contribution < -0.4 is 5.32 Å². The van der Waals surface area contributed by atoms with E-state index in [4.69, 9.17) is 0 Å². The van der Waals surface area contributed by atoms with Crippen molar-refractivity contribution in [2.75, 3.05) is 5.32 Å². The Kier molecular flexibility index (Phi) is 3.01. The van der Waals surface area contributed by atoms with Gasteiger partial charge in [0.1, 0.15) is 5.82 Å². The smallest absolute Gasteiger partial charge is 0.202 e. The fourth-order valence-corrected chi connectivity index (χ4v) is 1.92. The van der Waals surface area contributed by atoms with Crippen LogP contribution in [-0.4, -0.2) is 15.4 Å². The highest BCUT2D eigenvalue weighted by molar-refractivity contribution is 7.09. The van der Waals surface area contributed by atoms with Gasteiger partial charge in [-0.05, 0) is 25.2 Å². The lowest BCUT2D eigenvalue weighted by atomic mass is 10.1. The highest BCUT2D eigenvalue weighted by Crippen LogP contribution is 2.25. The Morgan fingerprint density at radius 3 is 2.93 bits per heavy atom. The molecule has 1 aromatic rings. The first-order chi connectivity index (χ1) is 6.74. The number of anilines is 1. The van der Waals surface area contributed by atoms with Crippen molar-refractivity contribution in [1.29, 1.82) is 0 Å². The highest BCUT2D eigenvalue weighted by Gasteiger charge is 2.22. The molecule has 2 rings (SSSR count). The molecule has 0 aromatic carbocycles. The first kappa shape index (κ1) is 9.90. The quantitative estimate of drug-likeness (QED) is 0.813. The normalized spacial score (nSPS) is 16.2. The lowest BCUT2D eigenvalue weighted by molar-refractivity contribution is 0.577. The second-order valence-electron chi connectivity index (χ2n) is 4.37. The number of nitrogens with zero attached hydrogens (tertiary/aromatic N) is 2. The van der Waals surface area contributed by atoms with Crippen LogP contribution in [0.25, 0.3) is 0 Å². The Morgan fingerprint density at radius 2 is 2.29 bits per heavy atom. The van der Waals surface area contributed by atoms with Crippen LogP contribution >= 0.6 is 11.5 Å². The molecule has 0 spiro atoms. The molecule has 1 aliphatic rings. The Labute approximate surface area is 89.1 Å². The van der Waals surface area contributed by atoms with E-state index in [1.807, 2.05) is 0 Å². The van der Waals surface area contributed by atoms with Gasteiger partial charge in [-0.1, -0.05) is 13.8 Å². The summed E-state index contributed by atoms with van der Waals surface area (Å²) in [5.41, 5.74) is 0. The Hall–Kier alpha value is -0.640. The topological polar surface area (TPSA) is 37.8 Å². The third-order valence-electron chi connectivity index (χ3n) is 2.32. The zero-order chi connectivity index (χ0) is 9.97. The Morgan fingerprint density at radius 1 is 1.50 bits per heavy atom. The van der Waals surface area contributed by atoms with Gasteiger partial charge in [-0.3, -0.25) is 0 Å². The number of rotatable bonds is 5. The van der Waals surface area contributed by atoms with E-state index in [1.54, 1.807) is 0 Å². The van der Waals surface area contributed by atoms with Crippen molar-refractivity contribution in [3.63, 3.8) is 0 Å². The summed E-state index contributed by atoms with van der Waals surface area (Å²) in [6.45, 7) is 4.46. The summed E-state index contributed by atoms with van der Waals surface area (Å²) in [5, 5.41) is 4.37. The predicted molar refractivity (Wildman–Crippen MR) is 59.7 cm³/mol. The Balaban J connectivity index is 1.82. The van der Waals surface area contributed by atoms with Crippen molar-refractivity contribution in [3.8, 4) is 0 Å². The van der Waals surface area contributed by atoms with Gasteiger partial charge in [-0.2, -0.15) is 4.37 Å². The van der Waals surface area contributed by atoms with Crippen molar-refractivity contribution in [2.24, 2.45) is 5.92 Å². The molecule has 4 heteroatoms. The van der Waals surface area contributed by atoms with Crippen LogP contribution in [0, 0.1) is 5.92 Å². The van der Waals surface area contributed by atoms with E-state index in [9.17, 15) is 0 Å². The average molecular weight is 211 g/mol. The van der Waals surface area contributed by atoms with Gasteiger partial charge in [0.15, 0.2) is 0 Å². The minimum Gasteiger partial charge on any atom is -0.358 e. The van der Waals surface area contributed by atoms with Crippen LogP contribution in [0.5, 0.6) is 0 Å². The van der Waals surface area contributed by atoms with Crippen LogP contribution in [0.1, 0.15) is 38.9 Å². The van der Waals surface area contributed by atoms with Gasteiger partial charge < -0.3 is 5.32 Å². The van der Waals surface area contributed by atoms with Crippen molar-refractivity contribution in [3.05, 3.63) is 5.82 Å². The van der Waals surface area contributed by atoms with Crippen LogP contribution in [0.3, 0.4) is 0 Å². The van der Waals surface area contributed by atoms with E-state index < -0.39 is 0 Å². The van der Waals surface area contributed by atoms with E-state index in [1.165, 1.54) is 30.8 Å². The highest BCUT2D eigenvalue weighted by atomic mass is 32.1. The lowest BCUT2D eigenvalue weighted by Crippen LogP contribution is -2.00. The van der Waals surface area contributed by atoms with Gasteiger partial charge in [0.25, 0.3) is 0 Å². The minimum absolute atomic E-state index is 0.681. The lowest BCUT2D eigenvalue weighted by Gasteiger charge is -1.99. The molecule has 0 saturated heterocycles. The van der Waals surface area contributed by atoms with Crippen molar-refractivity contribution in [2.45, 2.75) is 45.6 Å². The SMILES string of the molecule is CC(C)CCc1nsc(NC2CC2)n1. The molecule has 78 valence electrons. The first-order valence-electron chi connectivity index (χ1n) is 5.33. The van der Waals surface area contributed by atoms with E-state index in [0.717, 1.165) is 23.3 Å². The number of hydrogen-bond acceptors (Lipinski definition) is 4. The van der Waals surface area contributed by atoms with E-state index >= 15 is 0 Å². The number of nitrogens with one attached hydrogen (secondary N) is 1. The van der Waals surface area contributed by atoms with E-state index in [0.29, 0.717) is 6.04 Å². The van der Waals surface area contributed by atoms with Gasteiger partial charge in [-0.25, -0.2) is 4.98 Å². The van der Waals surface area contributed by atoms with Gasteiger partial charge in [0.05, 0.1) is 0 Å². The summed E-state index contributed by atoms with van der Waals surface area (Å²) in [6, 6.07) is 0.681. The molecular weight excluding hydrogens is 194 g/mol. The molecule has 1 aliphatic carbocycles. The molecule has 1 heterocycles. The molecule has 0 unspecified atom stereocenters. The maximum absolute atomic E-state index is 4.46. The maximum Gasteiger partial charge on any atom is 0.202 e. The summed E-state index contributed by atoms with van der Waals surface area (Å²) in [5.74, 6) is 1.74. The van der Waals surface area contributed by atoms with Gasteiger partial charge >= 0.3 is 0 Å². The molecule has 1 fully saturated rings. The largest absolute Gasteiger partial charge is 0.358 e. The number of hydrogen-bond donors (Lipinski definition) is 1. The summed E-state index contributed by atoms with van der Waals surface area (Å²) in [4.78, 5) is 4.46. The van der Waals surface area contributed by atoms with E-state index in [-0.39, 0.29) is 0 Å². The molecule has 0 bridgehead atoms. The molecule has 0 atom stereocenters. The second kappa shape index (κ2) is 4.26. The predicted octanol–water partition coefficient (Wildman–Crippen LogP) is 2.70. The van der Waals surface area contributed by atoms with Crippen LogP contribution in [0.15, 0.2) is 0 Å². The van der Waals surface area contributed by atoms with E-state index in [2.05, 4.69) is 28.5 Å². The second-order valence-corrected chi connectivity index (χ2v) is 5.12. The summed E-state index contributed by atoms with van der Waals surface area (Å²) in [6.07, 6.45) is 4.78. The van der Waals surface area contributed by atoms with Crippen LogP contribution in [0.2, 0.25) is 0 Å². The first-order valence-corrected chi connectivity index (χ1v) is 6.10. The standard InChI is InChI=1S/C10H17N3S/c1-7(2)3-6-9-12-10(14-13-9)11-8-4-5-8/h7-8H,3-6H2,1-2H3,(H,11,12,13). The third kappa shape index (κ3) is 2.94. The molecule has 1 N–H and O–H groups in total. The van der Waals surface area contributed by atoms with Crippen molar-refractivity contribution in [1.82, 2.24) is 9.36 Å². The van der Waals surface area contributed by atoms with Crippen molar-refractivity contribution < 1.29 is 0 Å². The van der Waals surface area contributed by atoms with Gasteiger partial charge in [0.2, 0.25) is 5.13 Å². The molecule has 3 nitrogen and oxygen atoms in total. The average Bonchev–Trinajstić information content (AvgIpc) is 2.81. The fraction of sp³-hybridized carbons (Fsp3) is 0.800. The monoisotopic (exact) mass is 211 g/mol. The zero-order valence-corrected chi connectivity index (χ0v) is 9.60. The summed E-state index contributed by atoms with van der Waals surface area (Å²) in [7, 11) is 0. The maximum atomic E-state index is 4.46. The molecule has 1 aromatic heterocycles. The number of aromatic nitrogens is 2. The summed E-state index contributed by atoms with van der Waals surface area (Å²) < 4.78 is 4.34. The third-order valence-corrected chi connectivity index (χ3v) is 3.00. The van der Waals surface area contributed by atoms with Crippen LogP contribution in [0.4, 0.5) is 5.13 Å². The Bertz CT molecular complexity index is 291. The molecule has 0 aliphatic heterocycles.